The van der Waals surface area contributed by atoms with Gasteiger partial charge in [0.2, 0.25) is 11.8 Å². The summed E-state index contributed by atoms with van der Waals surface area (Å²) in [6.45, 7) is 1.76. The number of amides is 2. The molecule has 0 unspecified atom stereocenters. The van der Waals surface area contributed by atoms with Gasteiger partial charge in [0, 0.05) is 30.9 Å². The molecule has 4 aliphatic rings. The predicted octanol–water partition coefficient (Wildman–Crippen LogP) is 3.36. The lowest BCUT2D eigenvalue weighted by molar-refractivity contribution is -0.148. The van der Waals surface area contributed by atoms with E-state index in [1.807, 2.05) is 29.9 Å². The number of nitrogens with one attached hydrogen (secondary N) is 2. The zero-order valence-corrected chi connectivity index (χ0v) is 21.0. The molecule has 4 fully saturated rings. The van der Waals surface area contributed by atoms with Crippen molar-refractivity contribution in [3.63, 3.8) is 0 Å². The smallest absolute Gasteiger partial charge is 0.243 e. The molecule has 1 heterocycles. The number of nitrogens with zero attached hydrogens (tertiary/aromatic N) is 2. The molecule has 4 saturated carbocycles. The van der Waals surface area contributed by atoms with Gasteiger partial charge in [0.1, 0.15) is 29.4 Å². The van der Waals surface area contributed by atoms with Crippen LogP contribution in [0.25, 0.3) is 0 Å². The monoisotopic (exact) mass is 480 g/mol. The van der Waals surface area contributed by atoms with Crippen LogP contribution in [0.15, 0.2) is 30.6 Å². The van der Waals surface area contributed by atoms with Gasteiger partial charge in [-0.15, -0.1) is 0 Å². The third-order valence-electron chi connectivity index (χ3n) is 8.37. The normalized spacial score (nSPS) is 28.3. The van der Waals surface area contributed by atoms with Gasteiger partial charge < -0.3 is 24.7 Å². The maximum atomic E-state index is 13.5. The van der Waals surface area contributed by atoms with Crippen LogP contribution in [0.1, 0.15) is 62.9 Å². The SMILES string of the molecule is COc1cc(OC)cc([C@@H](NC(=O)[C@@H](C)NC(=O)C23CC4CC(CC(C4)C2)C3)c2nccn2C)c1. The van der Waals surface area contributed by atoms with Gasteiger partial charge >= 0.3 is 0 Å². The molecule has 2 atom stereocenters. The number of hydrogen-bond donors (Lipinski definition) is 2. The Hall–Kier alpha value is -3.03. The summed E-state index contributed by atoms with van der Waals surface area (Å²) in [6, 6.07) is 4.31. The number of methoxy groups -OCH3 is 2. The number of hydrogen-bond acceptors (Lipinski definition) is 5. The fourth-order valence-electron chi connectivity index (χ4n) is 7.02. The molecule has 2 N–H and O–H groups in total. The van der Waals surface area contributed by atoms with E-state index < -0.39 is 12.1 Å². The van der Waals surface area contributed by atoms with Crippen LogP contribution in [0.5, 0.6) is 11.5 Å². The number of rotatable bonds is 8. The molecular formula is C27H36N4O4. The number of aryl methyl sites for hydroxylation is 1. The molecule has 4 bridgehead atoms. The molecule has 1 aromatic carbocycles. The van der Waals surface area contributed by atoms with Crippen molar-refractivity contribution in [3.8, 4) is 11.5 Å². The van der Waals surface area contributed by atoms with Crippen molar-refractivity contribution in [1.29, 1.82) is 0 Å². The summed E-state index contributed by atoms with van der Waals surface area (Å²) in [5.41, 5.74) is 0.492. The minimum absolute atomic E-state index is 0.0517. The number of ether oxygens (including phenoxy) is 2. The van der Waals surface area contributed by atoms with E-state index in [9.17, 15) is 9.59 Å². The third kappa shape index (κ3) is 4.50. The Balaban J connectivity index is 1.34. The molecule has 2 aromatic rings. The highest BCUT2D eigenvalue weighted by molar-refractivity contribution is 5.90. The number of benzene rings is 1. The van der Waals surface area contributed by atoms with Crippen LogP contribution in [0, 0.1) is 23.2 Å². The quantitative estimate of drug-likeness (QED) is 0.604. The minimum Gasteiger partial charge on any atom is -0.497 e. The molecular weight excluding hydrogens is 444 g/mol. The molecule has 0 saturated heterocycles. The lowest BCUT2D eigenvalue weighted by Crippen LogP contribution is -2.57. The topological polar surface area (TPSA) is 94.5 Å². The molecule has 0 spiro atoms. The largest absolute Gasteiger partial charge is 0.497 e. The van der Waals surface area contributed by atoms with Crippen molar-refractivity contribution >= 4 is 11.8 Å². The average molecular weight is 481 g/mol. The van der Waals surface area contributed by atoms with Crippen molar-refractivity contribution < 1.29 is 19.1 Å². The standard InChI is InChI=1S/C27H36N4O4/c1-16(29-26(33)27-13-17-7-18(14-27)9-19(8-17)15-27)25(32)30-23(24-28-5-6-31(24)2)20-10-21(34-3)12-22(11-20)35-4/h5-6,10-12,16-19,23H,7-9,13-15H2,1-4H3,(H,29,33)(H,30,32)/t16-,17?,18?,19?,23-,27?/m1/s1. The summed E-state index contributed by atoms with van der Waals surface area (Å²) in [4.78, 5) is 31.3. The van der Waals surface area contributed by atoms with E-state index >= 15 is 0 Å². The van der Waals surface area contributed by atoms with Crippen molar-refractivity contribution in [2.75, 3.05) is 14.2 Å². The third-order valence-corrected chi connectivity index (χ3v) is 8.37. The van der Waals surface area contributed by atoms with Crippen LogP contribution in [0.2, 0.25) is 0 Å². The van der Waals surface area contributed by atoms with Crippen molar-refractivity contribution in [3.05, 3.63) is 42.0 Å². The first-order valence-corrected chi connectivity index (χ1v) is 12.6. The van der Waals surface area contributed by atoms with E-state index in [1.165, 1.54) is 19.3 Å². The second-order valence-electron chi connectivity index (χ2n) is 10.9. The Morgan fingerprint density at radius 1 is 1.00 bits per heavy atom. The fraction of sp³-hybridized carbons (Fsp3) is 0.593. The summed E-state index contributed by atoms with van der Waals surface area (Å²) in [5.74, 6) is 3.74. The minimum atomic E-state index is -0.661. The van der Waals surface area contributed by atoms with Crippen LogP contribution in [-0.4, -0.2) is 41.6 Å². The summed E-state index contributed by atoms with van der Waals surface area (Å²) in [6.07, 6.45) is 10.3. The van der Waals surface area contributed by atoms with Crippen LogP contribution >= 0.6 is 0 Å². The van der Waals surface area contributed by atoms with Gasteiger partial charge in [-0.2, -0.15) is 0 Å². The van der Waals surface area contributed by atoms with Gasteiger partial charge in [0.05, 0.1) is 14.2 Å². The van der Waals surface area contributed by atoms with E-state index in [-0.39, 0.29) is 17.2 Å². The Morgan fingerprint density at radius 3 is 2.06 bits per heavy atom. The maximum absolute atomic E-state index is 13.5. The second-order valence-corrected chi connectivity index (χ2v) is 10.9. The number of aromatic nitrogens is 2. The zero-order chi connectivity index (χ0) is 24.7. The molecule has 2 amide bonds. The Kier molecular flexibility index (Phi) is 6.23. The molecule has 6 rings (SSSR count). The molecule has 0 aliphatic heterocycles. The molecule has 0 radical (unpaired) electrons. The lowest BCUT2D eigenvalue weighted by Gasteiger charge is -2.55. The Bertz CT molecular complexity index is 1050. The maximum Gasteiger partial charge on any atom is 0.243 e. The summed E-state index contributed by atoms with van der Waals surface area (Å²) in [5, 5.41) is 6.18. The van der Waals surface area contributed by atoms with E-state index in [0.29, 0.717) is 35.1 Å². The van der Waals surface area contributed by atoms with Crippen LogP contribution in [-0.2, 0) is 16.6 Å². The molecule has 4 aliphatic carbocycles. The highest BCUT2D eigenvalue weighted by atomic mass is 16.5. The summed E-state index contributed by atoms with van der Waals surface area (Å²) in [7, 11) is 5.07. The van der Waals surface area contributed by atoms with Crippen LogP contribution in [0.4, 0.5) is 0 Å². The van der Waals surface area contributed by atoms with Gasteiger partial charge in [-0.3, -0.25) is 9.59 Å². The van der Waals surface area contributed by atoms with Crippen LogP contribution in [0.3, 0.4) is 0 Å². The zero-order valence-electron chi connectivity index (χ0n) is 21.0. The van der Waals surface area contributed by atoms with E-state index in [4.69, 9.17) is 9.47 Å². The van der Waals surface area contributed by atoms with Crippen molar-refractivity contribution in [1.82, 2.24) is 20.2 Å². The highest BCUT2D eigenvalue weighted by Gasteiger charge is 2.54. The average Bonchev–Trinajstić information content (AvgIpc) is 3.26. The number of imidazole rings is 1. The first-order chi connectivity index (χ1) is 16.8. The van der Waals surface area contributed by atoms with Gasteiger partial charge in [-0.05, 0) is 80.9 Å². The first kappa shape index (κ1) is 23.7. The van der Waals surface area contributed by atoms with E-state index in [2.05, 4.69) is 15.6 Å². The summed E-state index contributed by atoms with van der Waals surface area (Å²) >= 11 is 0. The van der Waals surface area contributed by atoms with Gasteiger partial charge in [-0.25, -0.2) is 4.98 Å². The van der Waals surface area contributed by atoms with Crippen molar-refractivity contribution in [2.45, 2.75) is 57.5 Å². The van der Waals surface area contributed by atoms with Gasteiger partial charge in [0.15, 0.2) is 0 Å². The molecule has 1 aromatic heterocycles. The number of carbonyl (C=O) groups excluding carboxylic acids is 2. The molecule has 8 nitrogen and oxygen atoms in total. The van der Waals surface area contributed by atoms with Gasteiger partial charge in [-0.1, -0.05) is 0 Å². The Labute approximate surface area is 206 Å². The molecule has 8 heteroatoms. The lowest BCUT2D eigenvalue weighted by atomic mass is 9.49. The van der Waals surface area contributed by atoms with E-state index in [1.54, 1.807) is 33.4 Å². The van der Waals surface area contributed by atoms with Crippen LogP contribution < -0.4 is 20.1 Å². The van der Waals surface area contributed by atoms with Crippen molar-refractivity contribution in [2.24, 2.45) is 30.2 Å². The first-order valence-electron chi connectivity index (χ1n) is 12.6. The molecule has 188 valence electrons. The molecule has 35 heavy (non-hydrogen) atoms. The predicted molar refractivity (Wildman–Crippen MR) is 131 cm³/mol. The van der Waals surface area contributed by atoms with E-state index in [0.717, 1.165) is 24.8 Å². The Morgan fingerprint density at radius 2 is 1.57 bits per heavy atom. The van der Waals surface area contributed by atoms with Gasteiger partial charge in [0.25, 0.3) is 0 Å². The number of carbonyl (C=O) groups is 2. The second kappa shape index (κ2) is 9.21. The fourth-order valence-corrected chi connectivity index (χ4v) is 7.02. The highest BCUT2D eigenvalue weighted by Crippen LogP contribution is 2.60. The summed E-state index contributed by atoms with van der Waals surface area (Å²) < 4.78 is 12.8.